The number of likely N-dealkylation sites (tertiary alicyclic amines) is 1. The minimum atomic E-state index is -3.74. The Morgan fingerprint density at radius 2 is 1.88 bits per heavy atom. The highest BCUT2D eigenvalue weighted by Crippen LogP contribution is 2.26. The van der Waals surface area contributed by atoms with E-state index in [1.54, 1.807) is 21.6 Å². The molecule has 5 rings (SSSR count). The van der Waals surface area contributed by atoms with E-state index in [1.165, 1.54) is 12.1 Å². The summed E-state index contributed by atoms with van der Waals surface area (Å²) in [7, 11) is -3.74. The molecule has 1 amide bonds. The molecule has 2 fully saturated rings. The first-order valence-corrected chi connectivity index (χ1v) is 13.1. The van der Waals surface area contributed by atoms with Crippen LogP contribution in [0.3, 0.4) is 0 Å². The molecule has 2 N–H and O–H groups in total. The van der Waals surface area contributed by atoms with Gasteiger partial charge in [0.05, 0.1) is 22.0 Å². The van der Waals surface area contributed by atoms with E-state index in [2.05, 4.69) is 9.71 Å². The second-order valence-corrected chi connectivity index (χ2v) is 10.6. The summed E-state index contributed by atoms with van der Waals surface area (Å²) in [6, 6.07) is 13.7. The first-order chi connectivity index (χ1) is 16.4. The number of amides is 1. The molecule has 1 aromatic heterocycles. The van der Waals surface area contributed by atoms with Crippen molar-refractivity contribution in [2.75, 3.05) is 26.2 Å². The third-order valence-corrected chi connectivity index (χ3v) is 8.08. The number of imidazole rings is 1. The largest absolute Gasteiger partial charge is 0.377 e. The summed E-state index contributed by atoms with van der Waals surface area (Å²) < 4.78 is 35.3. The number of nitrogens with zero attached hydrogens (tertiary/aromatic N) is 2. The summed E-state index contributed by atoms with van der Waals surface area (Å²) in [6.45, 7) is 1.86. The summed E-state index contributed by atoms with van der Waals surface area (Å²) >= 11 is 0. The normalized spacial score (nSPS) is 19.6. The molecule has 2 aliphatic rings. The number of carbonyl (C=O) groups excluding carboxylic acids is 1. The highest BCUT2D eigenvalue weighted by atomic mass is 32.2. The summed E-state index contributed by atoms with van der Waals surface area (Å²) in [5, 5.41) is 0. The Morgan fingerprint density at radius 1 is 1.09 bits per heavy atom. The van der Waals surface area contributed by atoms with Gasteiger partial charge in [-0.2, -0.15) is 0 Å². The molecule has 180 valence electrons. The van der Waals surface area contributed by atoms with E-state index in [-0.39, 0.29) is 35.2 Å². The summed E-state index contributed by atoms with van der Waals surface area (Å²) in [4.78, 5) is 30.3. The maximum absolute atomic E-state index is 13.1. The summed E-state index contributed by atoms with van der Waals surface area (Å²) in [5.41, 5.74) is 1.87. The van der Waals surface area contributed by atoms with E-state index in [0.29, 0.717) is 38.1 Å². The van der Waals surface area contributed by atoms with Gasteiger partial charge in [-0.15, -0.1) is 0 Å². The van der Waals surface area contributed by atoms with Gasteiger partial charge in [-0.3, -0.25) is 9.36 Å². The number of carbonyl (C=O) groups is 1. The molecule has 0 aliphatic carbocycles. The van der Waals surface area contributed by atoms with Crippen molar-refractivity contribution in [3.8, 4) is 0 Å². The third-order valence-electron chi connectivity index (χ3n) is 6.66. The number of para-hydroxylation sites is 2. The van der Waals surface area contributed by atoms with Gasteiger partial charge in [-0.25, -0.2) is 17.9 Å². The lowest BCUT2D eigenvalue weighted by molar-refractivity contribution is 0.0694. The summed E-state index contributed by atoms with van der Waals surface area (Å²) in [6.07, 6.45) is 2.96. The van der Waals surface area contributed by atoms with Crippen molar-refractivity contribution in [2.24, 2.45) is 0 Å². The van der Waals surface area contributed by atoms with Gasteiger partial charge in [0, 0.05) is 37.8 Å². The number of ether oxygens (including phenoxy) is 1. The molecule has 2 saturated heterocycles. The van der Waals surface area contributed by atoms with Crippen LogP contribution < -0.4 is 10.4 Å². The molecule has 2 aromatic carbocycles. The number of nitrogens with one attached hydrogen (secondary N) is 2. The smallest absolute Gasteiger partial charge is 0.326 e. The molecule has 2 aliphatic heterocycles. The van der Waals surface area contributed by atoms with Gasteiger partial charge in [0.15, 0.2) is 0 Å². The molecule has 3 heterocycles. The number of hydrogen-bond donors (Lipinski definition) is 2. The molecular formula is C24H28N4O5S. The maximum atomic E-state index is 13.1. The van der Waals surface area contributed by atoms with Crippen LogP contribution in [-0.4, -0.2) is 61.1 Å². The number of piperidine rings is 1. The van der Waals surface area contributed by atoms with Crippen molar-refractivity contribution < 1.29 is 17.9 Å². The standard InChI is InChI=1S/C24H28N4O5S/c29-23(17-5-3-7-20(15-17)34(31,32)25-16-19-6-4-14-33-19)27-12-10-18(11-13-27)28-22-9-2-1-8-21(22)26-24(28)30/h1-3,5,7-9,15,18-19,25H,4,6,10-14,16H2,(H,26,30)/t19-/m0/s1. The number of rotatable bonds is 6. The van der Waals surface area contributed by atoms with Crippen LogP contribution in [0, 0.1) is 0 Å². The molecule has 0 bridgehead atoms. The van der Waals surface area contributed by atoms with Crippen molar-refractivity contribution in [1.82, 2.24) is 19.2 Å². The quantitative estimate of drug-likeness (QED) is 0.557. The van der Waals surface area contributed by atoms with E-state index < -0.39 is 10.0 Å². The zero-order chi connectivity index (χ0) is 23.7. The van der Waals surface area contributed by atoms with Crippen LogP contribution >= 0.6 is 0 Å². The van der Waals surface area contributed by atoms with Gasteiger partial charge in [-0.1, -0.05) is 18.2 Å². The van der Waals surface area contributed by atoms with Gasteiger partial charge in [-0.05, 0) is 56.0 Å². The first-order valence-electron chi connectivity index (χ1n) is 11.6. The fraction of sp³-hybridized carbons (Fsp3) is 0.417. The molecule has 9 nitrogen and oxygen atoms in total. The average molecular weight is 485 g/mol. The fourth-order valence-corrected chi connectivity index (χ4v) is 5.95. The van der Waals surface area contributed by atoms with Crippen LogP contribution in [0.4, 0.5) is 0 Å². The molecule has 0 saturated carbocycles. The summed E-state index contributed by atoms with van der Waals surface area (Å²) in [5.74, 6) is -0.208. The van der Waals surface area contributed by atoms with Crippen molar-refractivity contribution >= 4 is 27.0 Å². The highest BCUT2D eigenvalue weighted by Gasteiger charge is 2.27. The van der Waals surface area contributed by atoms with Crippen molar-refractivity contribution in [2.45, 2.75) is 42.7 Å². The lowest BCUT2D eigenvalue weighted by Gasteiger charge is -2.32. The Hall–Kier alpha value is -2.95. The second kappa shape index (κ2) is 9.36. The van der Waals surface area contributed by atoms with Gasteiger partial charge < -0.3 is 14.6 Å². The predicted octanol–water partition coefficient (Wildman–Crippen LogP) is 2.26. The topological polar surface area (TPSA) is 113 Å². The highest BCUT2D eigenvalue weighted by molar-refractivity contribution is 7.89. The molecular weight excluding hydrogens is 456 g/mol. The van der Waals surface area contributed by atoms with Gasteiger partial charge >= 0.3 is 5.69 Å². The Morgan fingerprint density at radius 3 is 2.65 bits per heavy atom. The fourth-order valence-electron chi connectivity index (χ4n) is 4.83. The SMILES string of the molecule is O=C(c1cccc(S(=O)(=O)NC[C@@H]2CCCO2)c1)N1CCC(n2c(=O)[nH]c3ccccc32)CC1. The van der Waals surface area contributed by atoms with Crippen LogP contribution in [0.2, 0.25) is 0 Å². The van der Waals surface area contributed by atoms with E-state index in [9.17, 15) is 18.0 Å². The van der Waals surface area contributed by atoms with Crippen LogP contribution in [0.25, 0.3) is 11.0 Å². The second-order valence-electron chi connectivity index (χ2n) is 8.86. The van der Waals surface area contributed by atoms with E-state index in [4.69, 9.17) is 4.74 Å². The molecule has 1 atom stereocenters. The Balaban J connectivity index is 1.26. The van der Waals surface area contributed by atoms with Crippen molar-refractivity contribution in [3.63, 3.8) is 0 Å². The number of hydrogen-bond acceptors (Lipinski definition) is 5. The Kier molecular flexibility index (Phi) is 6.28. The van der Waals surface area contributed by atoms with Gasteiger partial charge in [0.25, 0.3) is 5.91 Å². The predicted molar refractivity (Wildman–Crippen MR) is 127 cm³/mol. The lowest BCUT2D eigenvalue weighted by Crippen LogP contribution is -2.40. The molecule has 0 spiro atoms. The van der Waals surface area contributed by atoms with Crippen LogP contribution in [-0.2, 0) is 14.8 Å². The molecule has 10 heteroatoms. The van der Waals surface area contributed by atoms with E-state index >= 15 is 0 Å². The molecule has 0 unspecified atom stereocenters. The molecule has 34 heavy (non-hydrogen) atoms. The lowest BCUT2D eigenvalue weighted by atomic mass is 10.0. The number of fused-ring (bicyclic) bond motifs is 1. The zero-order valence-corrected chi connectivity index (χ0v) is 19.6. The Labute approximate surface area is 197 Å². The van der Waals surface area contributed by atoms with Crippen LogP contribution in [0.5, 0.6) is 0 Å². The zero-order valence-electron chi connectivity index (χ0n) is 18.8. The Bertz CT molecular complexity index is 1350. The maximum Gasteiger partial charge on any atom is 0.326 e. The van der Waals surface area contributed by atoms with Crippen LogP contribution in [0.15, 0.2) is 58.2 Å². The monoisotopic (exact) mass is 484 g/mol. The third kappa shape index (κ3) is 4.53. The van der Waals surface area contributed by atoms with Crippen molar-refractivity contribution in [3.05, 3.63) is 64.6 Å². The van der Waals surface area contributed by atoms with Gasteiger partial charge in [0.2, 0.25) is 10.0 Å². The minimum absolute atomic E-state index is 0.00131. The number of benzene rings is 2. The number of sulfonamides is 1. The number of aromatic amines is 1. The molecule has 0 radical (unpaired) electrons. The van der Waals surface area contributed by atoms with Crippen LogP contribution in [0.1, 0.15) is 42.1 Å². The average Bonchev–Trinajstić information content (AvgIpc) is 3.49. The first kappa shape index (κ1) is 22.8. The minimum Gasteiger partial charge on any atom is -0.377 e. The number of H-pyrrole nitrogens is 1. The molecule has 3 aromatic rings. The van der Waals surface area contributed by atoms with Gasteiger partial charge in [0.1, 0.15) is 0 Å². The van der Waals surface area contributed by atoms with E-state index in [0.717, 1.165) is 23.9 Å². The van der Waals surface area contributed by atoms with E-state index in [1.807, 2.05) is 24.3 Å². The van der Waals surface area contributed by atoms with Crippen molar-refractivity contribution in [1.29, 1.82) is 0 Å². The number of aromatic nitrogens is 2.